The maximum atomic E-state index is 11.7. The normalized spacial score (nSPS) is 21.1. The number of benzene rings is 1. The van der Waals surface area contributed by atoms with Crippen molar-refractivity contribution in [3.05, 3.63) is 27.7 Å². The number of halogens is 2. The van der Waals surface area contributed by atoms with Crippen molar-refractivity contribution in [3.8, 4) is 0 Å². The molecule has 1 aliphatic heterocycles. The highest BCUT2D eigenvalue weighted by Crippen LogP contribution is 2.35. The number of rotatable bonds is 1. The van der Waals surface area contributed by atoms with Crippen LogP contribution in [0.15, 0.2) is 22.7 Å². The van der Waals surface area contributed by atoms with Crippen molar-refractivity contribution in [1.29, 1.82) is 0 Å². The summed E-state index contributed by atoms with van der Waals surface area (Å²) in [6, 6.07) is 5.56. The second kappa shape index (κ2) is 4.36. The van der Waals surface area contributed by atoms with E-state index in [1.807, 2.05) is 18.2 Å². The summed E-state index contributed by atoms with van der Waals surface area (Å²) in [6.07, 6.45) is 0.478. The number of thiol groups is 1. The Morgan fingerprint density at radius 1 is 1.53 bits per heavy atom. The topological polar surface area (TPSA) is 20.3 Å². The van der Waals surface area contributed by atoms with Gasteiger partial charge in [-0.05, 0) is 28.1 Å². The lowest BCUT2D eigenvalue weighted by atomic mass is 10.3. The molecule has 1 saturated heterocycles. The van der Waals surface area contributed by atoms with E-state index in [0.29, 0.717) is 18.0 Å². The molecule has 1 aliphatic rings. The molecule has 1 amide bonds. The zero-order valence-electron chi connectivity index (χ0n) is 7.78. The molecule has 2 rings (SSSR count). The SMILES string of the molecule is O=C1CC(S)CN1c1cccc(Br)c1Cl. The zero-order valence-corrected chi connectivity index (χ0v) is 11.0. The molecule has 0 aromatic heterocycles. The molecule has 1 heterocycles. The predicted molar refractivity (Wildman–Crippen MR) is 68.9 cm³/mol. The Hall–Kier alpha value is -0.190. The molecule has 0 aliphatic carbocycles. The number of nitrogens with zero attached hydrogens (tertiary/aromatic N) is 1. The van der Waals surface area contributed by atoms with Crippen LogP contribution >= 0.6 is 40.2 Å². The standard InChI is InChI=1S/C10H9BrClNOS/c11-7-2-1-3-8(10(7)12)13-5-6(15)4-9(13)14/h1-3,6,15H,4-5H2. The molecule has 0 spiro atoms. The highest BCUT2D eigenvalue weighted by molar-refractivity contribution is 9.10. The lowest BCUT2D eigenvalue weighted by Gasteiger charge is -2.18. The quantitative estimate of drug-likeness (QED) is 0.790. The maximum Gasteiger partial charge on any atom is 0.228 e. The van der Waals surface area contributed by atoms with Crippen LogP contribution in [0, 0.1) is 0 Å². The van der Waals surface area contributed by atoms with E-state index in [9.17, 15) is 4.79 Å². The van der Waals surface area contributed by atoms with Gasteiger partial charge < -0.3 is 4.90 Å². The van der Waals surface area contributed by atoms with Gasteiger partial charge >= 0.3 is 0 Å². The van der Waals surface area contributed by atoms with E-state index in [4.69, 9.17) is 11.6 Å². The smallest absolute Gasteiger partial charge is 0.228 e. The summed E-state index contributed by atoms with van der Waals surface area (Å²) in [5, 5.41) is 0.681. The van der Waals surface area contributed by atoms with Gasteiger partial charge in [0.05, 0.1) is 10.7 Å². The molecule has 0 radical (unpaired) electrons. The van der Waals surface area contributed by atoms with Crippen LogP contribution in [0.3, 0.4) is 0 Å². The molecule has 1 atom stereocenters. The van der Waals surface area contributed by atoms with Crippen molar-refractivity contribution in [2.45, 2.75) is 11.7 Å². The third-order valence-electron chi connectivity index (χ3n) is 2.33. The minimum Gasteiger partial charge on any atom is -0.310 e. The van der Waals surface area contributed by atoms with Crippen molar-refractivity contribution in [3.63, 3.8) is 0 Å². The minimum atomic E-state index is 0.0787. The van der Waals surface area contributed by atoms with E-state index in [1.54, 1.807) is 4.90 Å². The minimum absolute atomic E-state index is 0.0787. The first-order chi connectivity index (χ1) is 7.09. The van der Waals surface area contributed by atoms with Crippen molar-refractivity contribution < 1.29 is 4.79 Å². The Morgan fingerprint density at radius 2 is 2.27 bits per heavy atom. The van der Waals surface area contributed by atoms with Crippen LogP contribution in [-0.2, 0) is 4.79 Å². The fraction of sp³-hybridized carbons (Fsp3) is 0.300. The summed E-state index contributed by atoms with van der Waals surface area (Å²) in [5.74, 6) is 0.0787. The Morgan fingerprint density at radius 3 is 2.87 bits per heavy atom. The van der Waals surface area contributed by atoms with Crippen molar-refractivity contribution >= 4 is 51.8 Å². The first kappa shape index (κ1) is 11.3. The Kier molecular flexibility index (Phi) is 3.28. The van der Waals surface area contributed by atoms with Crippen LogP contribution in [-0.4, -0.2) is 17.7 Å². The molecule has 1 aromatic rings. The van der Waals surface area contributed by atoms with Crippen LogP contribution in [0.4, 0.5) is 5.69 Å². The van der Waals surface area contributed by atoms with Gasteiger partial charge in [-0.15, -0.1) is 0 Å². The lowest BCUT2D eigenvalue weighted by molar-refractivity contribution is -0.117. The van der Waals surface area contributed by atoms with Gasteiger partial charge in [-0.1, -0.05) is 17.7 Å². The Bertz CT molecular complexity index is 412. The fourth-order valence-electron chi connectivity index (χ4n) is 1.62. The van der Waals surface area contributed by atoms with Gasteiger partial charge in [0.1, 0.15) is 0 Å². The second-order valence-corrected chi connectivity index (χ2v) is 5.40. The van der Waals surface area contributed by atoms with E-state index < -0.39 is 0 Å². The first-order valence-corrected chi connectivity index (χ1v) is 6.21. The Labute approximate surface area is 107 Å². The summed E-state index contributed by atoms with van der Waals surface area (Å²) in [6.45, 7) is 0.623. The van der Waals surface area contributed by atoms with Crippen molar-refractivity contribution in [2.24, 2.45) is 0 Å². The molecular formula is C10H9BrClNOS. The van der Waals surface area contributed by atoms with Gasteiger partial charge in [-0.3, -0.25) is 4.79 Å². The van der Waals surface area contributed by atoms with Crippen LogP contribution in [0.25, 0.3) is 0 Å². The summed E-state index contributed by atoms with van der Waals surface area (Å²) >= 11 is 13.8. The molecule has 1 fully saturated rings. The van der Waals surface area contributed by atoms with Crippen LogP contribution in [0.5, 0.6) is 0 Å². The lowest BCUT2D eigenvalue weighted by Crippen LogP contribution is -2.24. The molecule has 0 saturated carbocycles. The van der Waals surface area contributed by atoms with E-state index in [-0.39, 0.29) is 11.2 Å². The van der Waals surface area contributed by atoms with Crippen LogP contribution in [0.1, 0.15) is 6.42 Å². The van der Waals surface area contributed by atoms with Gasteiger partial charge in [-0.2, -0.15) is 12.6 Å². The molecule has 2 nitrogen and oxygen atoms in total. The number of hydrogen-bond donors (Lipinski definition) is 1. The molecular weight excluding hydrogens is 298 g/mol. The van der Waals surface area contributed by atoms with Crippen LogP contribution < -0.4 is 4.90 Å². The van der Waals surface area contributed by atoms with Crippen LogP contribution in [0.2, 0.25) is 5.02 Å². The highest BCUT2D eigenvalue weighted by Gasteiger charge is 2.29. The number of carbonyl (C=O) groups excluding carboxylic acids is 1. The fourth-order valence-corrected chi connectivity index (χ4v) is 2.53. The molecule has 5 heteroatoms. The number of hydrogen-bond acceptors (Lipinski definition) is 2. The number of carbonyl (C=O) groups is 1. The average molecular weight is 307 g/mol. The third kappa shape index (κ3) is 2.17. The van der Waals surface area contributed by atoms with Gasteiger partial charge in [0.2, 0.25) is 5.91 Å². The predicted octanol–water partition coefficient (Wildman–Crippen LogP) is 3.14. The highest BCUT2D eigenvalue weighted by atomic mass is 79.9. The van der Waals surface area contributed by atoms with Gasteiger partial charge in [0, 0.05) is 22.7 Å². The molecule has 15 heavy (non-hydrogen) atoms. The maximum absolute atomic E-state index is 11.7. The summed E-state index contributed by atoms with van der Waals surface area (Å²) < 4.78 is 0.803. The first-order valence-electron chi connectivity index (χ1n) is 4.52. The monoisotopic (exact) mass is 305 g/mol. The van der Waals surface area contributed by atoms with E-state index >= 15 is 0 Å². The second-order valence-electron chi connectivity index (χ2n) is 3.44. The van der Waals surface area contributed by atoms with E-state index in [1.165, 1.54) is 0 Å². The summed E-state index contributed by atoms with van der Waals surface area (Å²) in [7, 11) is 0. The number of anilines is 1. The summed E-state index contributed by atoms with van der Waals surface area (Å²) in [4.78, 5) is 13.3. The molecule has 1 aromatic carbocycles. The largest absolute Gasteiger partial charge is 0.310 e. The Balaban J connectivity index is 2.38. The number of amides is 1. The van der Waals surface area contributed by atoms with Crippen molar-refractivity contribution in [1.82, 2.24) is 0 Å². The average Bonchev–Trinajstić information content (AvgIpc) is 2.50. The zero-order chi connectivity index (χ0) is 11.0. The van der Waals surface area contributed by atoms with Gasteiger partial charge in [-0.25, -0.2) is 0 Å². The molecule has 80 valence electrons. The van der Waals surface area contributed by atoms with E-state index in [2.05, 4.69) is 28.6 Å². The summed E-state index contributed by atoms with van der Waals surface area (Å²) in [5.41, 5.74) is 0.757. The molecule has 0 N–H and O–H groups in total. The molecule has 1 unspecified atom stereocenters. The van der Waals surface area contributed by atoms with Crippen molar-refractivity contribution in [2.75, 3.05) is 11.4 Å². The van der Waals surface area contributed by atoms with E-state index in [0.717, 1.165) is 10.2 Å². The van der Waals surface area contributed by atoms with Gasteiger partial charge in [0.15, 0.2) is 0 Å². The molecule has 0 bridgehead atoms. The van der Waals surface area contributed by atoms with Gasteiger partial charge in [0.25, 0.3) is 0 Å². The third-order valence-corrected chi connectivity index (χ3v) is 3.96.